The van der Waals surface area contributed by atoms with Gasteiger partial charge in [0.2, 0.25) is 0 Å². The molecule has 2 heterocycles. The normalized spacial score (nSPS) is 12.7. The summed E-state index contributed by atoms with van der Waals surface area (Å²) in [7, 11) is 0. The molecule has 6 heteroatoms. The second-order valence-electron chi connectivity index (χ2n) is 3.26. The first-order valence-electron chi connectivity index (χ1n) is 4.78. The zero-order chi connectivity index (χ0) is 11.5. The Hall–Kier alpha value is -0.980. The van der Waals surface area contributed by atoms with E-state index in [9.17, 15) is 5.11 Å². The third kappa shape index (κ3) is 2.58. The van der Waals surface area contributed by atoms with E-state index in [0.29, 0.717) is 0 Å². The van der Waals surface area contributed by atoms with Crippen molar-refractivity contribution in [2.75, 3.05) is 0 Å². The Bertz CT molecular complexity index is 484. The molecule has 0 saturated carbocycles. The molecule has 0 amide bonds. The summed E-state index contributed by atoms with van der Waals surface area (Å²) >= 11 is 2.96. The van der Waals surface area contributed by atoms with Crippen LogP contribution in [0.3, 0.4) is 0 Å². The van der Waals surface area contributed by atoms with Crippen LogP contribution in [-0.4, -0.2) is 20.3 Å². The van der Waals surface area contributed by atoms with Crippen molar-refractivity contribution in [3.8, 4) is 0 Å². The number of aryl methyl sites for hydroxylation is 1. The largest absolute Gasteiger partial charge is 0.389 e. The third-order valence-corrected chi connectivity index (χ3v) is 3.87. The van der Waals surface area contributed by atoms with Gasteiger partial charge in [-0.3, -0.25) is 0 Å². The van der Waals surface area contributed by atoms with Crippen molar-refractivity contribution in [1.82, 2.24) is 15.2 Å². The average molecular weight is 253 g/mol. The molecule has 0 aliphatic rings. The molecule has 0 aromatic carbocycles. The highest BCUT2D eigenvalue weighted by atomic mass is 32.2. The van der Waals surface area contributed by atoms with Gasteiger partial charge >= 0.3 is 0 Å². The Kier molecular flexibility index (Phi) is 3.52. The van der Waals surface area contributed by atoms with Crippen molar-refractivity contribution in [2.24, 2.45) is 0 Å². The molecule has 0 spiro atoms. The van der Waals surface area contributed by atoms with Crippen molar-refractivity contribution in [3.63, 3.8) is 0 Å². The van der Waals surface area contributed by atoms with Gasteiger partial charge in [-0.05, 0) is 31.7 Å². The van der Waals surface area contributed by atoms with Crippen molar-refractivity contribution in [1.29, 1.82) is 0 Å². The standard InChI is InChI=1S/C10H11N3OS2/c1-6(14)8-4-3-5-11-9(8)16-10-13-12-7(2)15-10/h3-6,14H,1-2H3/t6-/m1/s1. The van der Waals surface area contributed by atoms with Crippen molar-refractivity contribution >= 4 is 23.1 Å². The lowest BCUT2D eigenvalue weighted by Crippen LogP contribution is -1.95. The van der Waals surface area contributed by atoms with E-state index in [-0.39, 0.29) is 0 Å². The summed E-state index contributed by atoms with van der Waals surface area (Å²) in [6.45, 7) is 3.64. The Morgan fingerprint density at radius 1 is 1.44 bits per heavy atom. The molecule has 0 radical (unpaired) electrons. The number of aromatic nitrogens is 3. The Labute approximate surface area is 102 Å². The van der Waals surface area contributed by atoms with E-state index in [1.165, 1.54) is 23.1 Å². The van der Waals surface area contributed by atoms with E-state index in [0.717, 1.165) is 19.9 Å². The first kappa shape index (κ1) is 11.5. The van der Waals surface area contributed by atoms with Crippen LogP contribution in [0.1, 0.15) is 23.6 Å². The quantitative estimate of drug-likeness (QED) is 0.910. The van der Waals surface area contributed by atoms with Crippen LogP contribution in [0.2, 0.25) is 0 Å². The van der Waals surface area contributed by atoms with Gasteiger partial charge in [-0.2, -0.15) is 0 Å². The Morgan fingerprint density at radius 2 is 2.25 bits per heavy atom. The highest BCUT2D eigenvalue weighted by Crippen LogP contribution is 2.32. The number of aliphatic hydroxyl groups excluding tert-OH is 1. The minimum absolute atomic E-state index is 0.523. The van der Waals surface area contributed by atoms with Crippen LogP contribution in [0.4, 0.5) is 0 Å². The van der Waals surface area contributed by atoms with Crippen molar-refractivity contribution in [2.45, 2.75) is 29.3 Å². The lowest BCUT2D eigenvalue weighted by molar-refractivity contribution is 0.195. The maximum atomic E-state index is 9.60. The van der Waals surface area contributed by atoms with E-state index >= 15 is 0 Å². The SMILES string of the molecule is Cc1nnc(Sc2ncccc2[C@@H](C)O)s1. The molecule has 0 aliphatic heterocycles. The fourth-order valence-corrected chi connectivity index (χ4v) is 3.11. The van der Waals surface area contributed by atoms with E-state index in [1.54, 1.807) is 13.1 Å². The molecule has 1 atom stereocenters. The molecule has 0 bridgehead atoms. The summed E-state index contributed by atoms with van der Waals surface area (Å²) in [6, 6.07) is 3.69. The molecule has 2 aromatic rings. The van der Waals surface area contributed by atoms with Crippen LogP contribution in [0.25, 0.3) is 0 Å². The van der Waals surface area contributed by atoms with Gasteiger partial charge in [0.05, 0.1) is 6.10 Å². The van der Waals surface area contributed by atoms with E-state index in [2.05, 4.69) is 15.2 Å². The highest BCUT2D eigenvalue weighted by Gasteiger charge is 2.12. The molecule has 4 nitrogen and oxygen atoms in total. The summed E-state index contributed by atoms with van der Waals surface area (Å²) < 4.78 is 0.845. The Morgan fingerprint density at radius 3 is 2.88 bits per heavy atom. The summed E-state index contributed by atoms with van der Waals surface area (Å²) in [5.74, 6) is 0. The van der Waals surface area contributed by atoms with Crippen LogP contribution < -0.4 is 0 Å². The summed E-state index contributed by atoms with van der Waals surface area (Å²) in [5, 5.41) is 19.3. The van der Waals surface area contributed by atoms with E-state index in [4.69, 9.17) is 0 Å². The number of rotatable bonds is 3. The molecule has 0 fully saturated rings. The summed E-state index contributed by atoms with van der Waals surface area (Å²) in [5.41, 5.74) is 0.820. The second kappa shape index (κ2) is 4.90. The molecule has 84 valence electrons. The van der Waals surface area contributed by atoms with E-state index in [1.807, 2.05) is 19.1 Å². The maximum Gasteiger partial charge on any atom is 0.180 e. The zero-order valence-electron chi connectivity index (χ0n) is 8.91. The number of nitrogens with zero attached hydrogens (tertiary/aromatic N) is 3. The van der Waals surface area contributed by atoms with Crippen LogP contribution in [0.5, 0.6) is 0 Å². The van der Waals surface area contributed by atoms with Gasteiger partial charge in [-0.25, -0.2) is 4.98 Å². The number of hydrogen-bond acceptors (Lipinski definition) is 6. The van der Waals surface area contributed by atoms with Gasteiger partial charge in [0, 0.05) is 11.8 Å². The lowest BCUT2D eigenvalue weighted by atomic mass is 10.2. The highest BCUT2D eigenvalue weighted by molar-refractivity contribution is 8.01. The molecule has 2 rings (SSSR count). The summed E-state index contributed by atoms with van der Waals surface area (Å²) in [6.07, 6.45) is 1.19. The number of pyridine rings is 1. The molecule has 2 aromatic heterocycles. The predicted molar refractivity (Wildman–Crippen MR) is 63.6 cm³/mol. The smallest absolute Gasteiger partial charge is 0.180 e. The van der Waals surface area contributed by atoms with Crippen molar-refractivity contribution < 1.29 is 5.11 Å². The van der Waals surface area contributed by atoms with Crippen LogP contribution in [-0.2, 0) is 0 Å². The zero-order valence-corrected chi connectivity index (χ0v) is 10.5. The summed E-state index contributed by atoms with van der Waals surface area (Å²) in [4.78, 5) is 4.25. The maximum absolute atomic E-state index is 9.60. The fourth-order valence-electron chi connectivity index (χ4n) is 1.21. The van der Waals surface area contributed by atoms with Gasteiger partial charge in [0.25, 0.3) is 0 Å². The molecule has 0 aliphatic carbocycles. The minimum atomic E-state index is -0.523. The Balaban J connectivity index is 2.27. The van der Waals surface area contributed by atoms with Crippen LogP contribution >= 0.6 is 23.1 Å². The predicted octanol–water partition coefficient (Wildman–Crippen LogP) is 2.45. The van der Waals surface area contributed by atoms with Crippen LogP contribution in [0.15, 0.2) is 27.7 Å². The fraction of sp³-hybridized carbons (Fsp3) is 0.300. The number of aliphatic hydroxyl groups is 1. The molecule has 0 saturated heterocycles. The first-order valence-corrected chi connectivity index (χ1v) is 6.41. The molecular formula is C10H11N3OS2. The van der Waals surface area contributed by atoms with Crippen molar-refractivity contribution in [3.05, 3.63) is 28.9 Å². The van der Waals surface area contributed by atoms with Gasteiger partial charge in [0.1, 0.15) is 10.0 Å². The van der Waals surface area contributed by atoms with E-state index < -0.39 is 6.10 Å². The topological polar surface area (TPSA) is 58.9 Å². The molecule has 16 heavy (non-hydrogen) atoms. The lowest BCUT2D eigenvalue weighted by Gasteiger charge is -2.08. The molecule has 0 unspecified atom stereocenters. The van der Waals surface area contributed by atoms with Gasteiger partial charge in [0.15, 0.2) is 4.34 Å². The molecule has 1 N–H and O–H groups in total. The van der Waals surface area contributed by atoms with Crippen LogP contribution in [0, 0.1) is 6.92 Å². The van der Waals surface area contributed by atoms with Gasteiger partial charge < -0.3 is 5.11 Å². The second-order valence-corrected chi connectivity index (χ2v) is 5.68. The number of hydrogen-bond donors (Lipinski definition) is 1. The monoisotopic (exact) mass is 253 g/mol. The average Bonchev–Trinajstić information content (AvgIpc) is 2.64. The van der Waals surface area contributed by atoms with Gasteiger partial charge in [-0.1, -0.05) is 17.4 Å². The van der Waals surface area contributed by atoms with Gasteiger partial charge in [-0.15, -0.1) is 10.2 Å². The first-order chi connectivity index (χ1) is 7.66. The minimum Gasteiger partial charge on any atom is -0.389 e. The third-order valence-electron chi connectivity index (χ3n) is 1.94. The molecular weight excluding hydrogens is 242 g/mol.